The zero-order chi connectivity index (χ0) is 10.5. The van der Waals surface area contributed by atoms with Gasteiger partial charge in [0.05, 0.1) is 5.60 Å². The van der Waals surface area contributed by atoms with Crippen LogP contribution in [0.15, 0.2) is 12.7 Å². The summed E-state index contributed by atoms with van der Waals surface area (Å²) in [7, 11) is 1.68. The monoisotopic (exact) mass is 205 g/mol. The minimum Gasteiger partial charge on any atom is -0.278 e. The highest BCUT2D eigenvalue weighted by Crippen LogP contribution is 2.28. The standard InChI is InChI=1S/C10H20ClNO/c1-6-8-9(7-2)10(3,4)13-12(5)11/h6,9H,1,7-8H2,2-5H3. The van der Waals surface area contributed by atoms with Crippen molar-refractivity contribution >= 4 is 11.8 Å². The first-order chi connectivity index (χ1) is 5.94. The van der Waals surface area contributed by atoms with Crippen molar-refractivity contribution in [2.24, 2.45) is 5.92 Å². The lowest BCUT2D eigenvalue weighted by Gasteiger charge is -2.34. The molecule has 0 amide bonds. The van der Waals surface area contributed by atoms with Crippen LogP contribution in [-0.4, -0.2) is 17.2 Å². The Kier molecular flexibility index (Phi) is 5.61. The van der Waals surface area contributed by atoms with E-state index in [9.17, 15) is 0 Å². The minimum atomic E-state index is -0.237. The summed E-state index contributed by atoms with van der Waals surface area (Å²) < 4.78 is 1.24. The van der Waals surface area contributed by atoms with Crippen LogP contribution in [0.3, 0.4) is 0 Å². The molecule has 0 fully saturated rings. The average Bonchev–Trinajstić information content (AvgIpc) is 1.97. The molecule has 0 bridgehead atoms. The minimum absolute atomic E-state index is 0.237. The van der Waals surface area contributed by atoms with Gasteiger partial charge in [0.1, 0.15) is 0 Å². The molecule has 0 heterocycles. The SMILES string of the molecule is C=CCC(CC)C(C)(C)ON(C)Cl. The van der Waals surface area contributed by atoms with Gasteiger partial charge in [-0.3, -0.25) is 4.84 Å². The van der Waals surface area contributed by atoms with E-state index >= 15 is 0 Å². The van der Waals surface area contributed by atoms with E-state index < -0.39 is 0 Å². The fraction of sp³-hybridized carbons (Fsp3) is 0.800. The van der Waals surface area contributed by atoms with Crippen LogP contribution in [0.2, 0.25) is 0 Å². The molecule has 0 N–H and O–H groups in total. The molecule has 0 rings (SSSR count). The maximum Gasteiger partial charge on any atom is 0.0889 e. The summed E-state index contributed by atoms with van der Waals surface area (Å²) in [4.78, 5) is 5.49. The third-order valence-electron chi connectivity index (χ3n) is 2.29. The van der Waals surface area contributed by atoms with Crippen LogP contribution < -0.4 is 0 Å². The van der Waals surface area contributed by atoms with Crippen molar-refractivity contribution in [1.82, 2.24) is 4.58 Å². The van der Waals surface area contributed by atoms with Gasteiger partial charge in [-0.1, -0.05) is 19.4 Å². The molecule has 78 valence electrons. The van der Waals surface area contributed by atoms with E-state index in [1.165, 1.54) is 4.58 Å². The number of hydrogen-bond acceptors (Lipinski definition) is 2. The number of nitrogens with zero attached hydrogens (tertiary/aromatic N) is 1. The van der Waals surface area contributed by atoms with Crippen LogP contribution >= 0.6 is 11.8 Å². The molecule has 3 heteroatoms. The van der Waals surface area contributed by atoms with Crippen molar-refractivity contribution in [3.63, 3.8) is 0 Å². The molecular formula is C10H20ClNO. The Labute approximate surface area is 86.6 Å². The lowest BCUT2D eigenvalue weighted by molar-refractivity contribution is -0.189. The molecule has 1 unspecified atom stereocenters. The van der Waals surface area contributed by atoms with E-state index in [1.807, 2.05) is 19.9 Å². The Morgan fingerprint density at radius 1 is 1.62 bits per heavy atom. The molecule has 0 spiro atoms. The van der Waals surface area contributed by atoms with Gasteiger partial charge in [-0.2, -0.15) is 0 Å². The molecule has 0 saturated heterocycles. The molecule has 0 aliphatic carbocycles. The third-order valence-corrected chi connectivity index (χ3v) is 2.36. The third kappa shape index (κ3) is 4.65. The molecule has 0 aromatic heterocycles. The van der Waals surface area contributed by atoms with Crippen LogP contribution in [0.5, 0.6) is 0 Å². The second-order valence-corrected chi connectivity index (χ2v) is 4.22. The zero-order valence-corrected chi connectivity index (χ0v) is 9.77. The van der Waals surface area contributed by atoms with E-state index in [2.05, 4.69) is 13.5 Å². The first-order valence-electron chi connectivity index (χ1n) is 4.63. The molecule has 0 radical (unpaired) electrons. The van der Waals surface area contributed by atoms with Gasteiger partial charge in [0, 0.05) is 18.8 Å². The van der Waals surface area contributed by atoms with Gasteiger partial charge in [-0.15, -0.1) is 11.2 Å². The molecule has 0 saturated carbocycles. The highest BCUT2D eigenvalue weighted by Gasteiger charge is 2.29. The number of rotatable bonds is 6. The van der Waals surface area contributed by atoms with Gasteiger partial charge in [-0.25, -0.2) is 0 Å². The van der Waals surface area contributed by atoms with Gasteiger partial charge in [-0.05, 0) is 26.2 Å². The molecule has 1 atom stereocenters. The second kappa shape index (κ2) is 5.63. The predicted molar refractivity (Wildman–Crippen MR) is 57.4 cm³/mol. The van der Waals surface area contributed by atoms with Crippen molar-refractivity contribution < 1.29 is 4.84 Å². The number of allylic oxidation sites excluding steroid dienone is 1. The number of hydrogen-bond donors (Lipinski definition) is 0. The summed E-state index contributed by atoms with van der Waals surface area (Å²) in [6.07, 6.45) is 3.94. The van der Waals surface area contributed by atoms with Crippen molar-refractivity contribution in [2.75, 3.05) is 7.05 Å². The van der Waals surface area contributed by atoms with Gasteiger partial charge in [0.25, 0.3) is 0 Å². The number of halogens is 1. The first kappa shape index (κ1) is 12.9. The van der Waals surface area contributed by atoms with Gasteiger partial charge in [0.2, 0.25) is 0 Å². The van der Waals surface area contributed by atoms with Crippen LogP contribution in [-0.2, 0) is 4.84 Å². The summed E-state index contributed by atoms with van der Waals surface area (Å²) in [5, 5.41) is 0. The molecular weight excluding hydrogens is 186 g/mol. The first-order valence-corrected chi connectivity index (χ1v) is 4.97. The summed E-state index contributed by atoms with van der Waals surface area (Å²) >= 11 is 5.65. The summed E-state index contributed by atoms with van der Waals surface area (Å²) in [6, 6.07) is 0. The van der Waals surface area contributed by atoms with E-state index in [0.717, 1.165) is 12.8 Å². The zero-order valence-electron chi connectivity index (χ0n) is 9.01. The fourth-order valence-electron chi connectivity index (χ4n) is 1.54. The largest absolute Gasteiger partial charge is 0.278 e. The van der Waals surface area contributed by atoms with Gasteiger partial charge in [0.15, 0.2) is 0 Å². The van der Waals surface area contributed by atoms with Crippen LogP contribution in [0, 0.1) is 5.92 Å². The van der Waals surface area contributed by atoms with Gasteiger partial charge < -0.3 is 0 Å². The summed E-state index contributed by atoms with van der Waals surface area (Å²) in [5.74, 6) is 0.450. The molecule has 0 aromatic carbocycles. The van der Waals surface area contributed by atoms with Crippen LogP contribution in [0.4, 0.5) is 0 Å². The molecule has 2 nitrogen and oxygen atoms in total. The summed E-state index contributed by atoms with van der Waals surface area (Å²) in [5.41, 5.74) is -0.237. The number of hydroxylamine groups is 1. The average molecular weight is 206 g/mol. The van der Waals surface area contributed by atoms with E-state index in [-0.39, 0.29) is 5.60 Å². The van der Waals surface area contributed by atoms with Crippen molar-refractivity contribution in [3.8, 4) is 0 Å². The Balaban J connectivity index is 4.27. The van der Waals surface area contributed by atoms with E-state index in [0.29, 0.717) is 5.92 Å². The molecule has 0 aliphatic heterocycles. The highest BCUT2D eigenvalue weighted by molar-refractivity contribution is 6.12. The van der Waals surface area contributed by atoms with Gasteiger partial charge >= 0.3 is 0 Å². The van der Waals surface area contributed by atoms with E-state index in [4.69, 9.17) is 16.6 Å². The second-order valence-electron chi connectivity index (χ2n) is 3.74. The Morgan fingerprint density at radius 3 is 2.46 bits per heavy atom. The lowest BCUT2D eigenvalue weighted by Crippen LogP contribution is -2.37. The molecule has 0 aliphatic rings. The highest BCUT2D eigenvalue weighted by atomic mass is 35.5. The van der Waals surface area contributed by atoms with E-state index in [1.54, 1.807) is 7.05 Å². The lowest BCUT2D eigenvalue weighted by atomic mass is 9.86. The van der Waals surface area contributed by atoms with Crippen LogP contribution in [0.1, 0.15) is 33.6 Å². The predicted octanol–water partition coefficient (Wildman–Crippen LogP) is 3.38. The Bertz CT molecular complexity index is 157. The Morgan fingerprint density at radius 2 is 2.15 bits per heavy atom. The maximum absolute atomic E-state index is 5.65. The quantitative estimate of drug-likeness (QED) is 0.375. The fourth-order valence-corrected chi connectivity index (χ4v) is 1.72. The summed E-state index contributed by atoms with van der Waals surface area (Å²) in [6.45, 7) is 9.98. The smallest absolute Gasteiger partial charge is 0.0889 e. The van der Waals surface area contributed by atoms with Crippen molar-refractivity contribution in [1.29, 1.82) is 0 Å². The topological polar surface area (TPSA) is 12.5 Å². The normalized spacial score (nSPS) is 14.6. The maximum atomic E-state index is 5.65. The molecule has 13 heavy (non-hydrogen) atoms. The molecule has 0 aromatic rings. The van der Waals surface area contributed by atoms with Crippen molar-refractivity contribution in [3.05, 3.63) is 12.7 Å². The Hall–Kier alpha value is -0.0500. The van der Waals surface area contributed by atoms with Crippen molar-refractivity contribution in [2.45, 2.75) is 39.2 Å². The van der Waals surface area contributed by atoms with Crippen LogP contribution in [0.25, 0.3) is 0 Å².